The molecule has 3 aromatic rings. The summed E-state index contributed by atoms with van der Waals surface area (Å²) in [5, 5.41) is 12.4. The van der Waals surface area contributed by atoms with E-state index in [4.69, 9.17) is 0 Å². The molecule has 0 atom stereocenters. The Hall–Kier alpha value is -2.93. The largest absolute Gasteiger partial charge is 0.349 e. The SMILES string of the molecule is Cn1nccc1C(=O)Nc1scc(-c2ccccc2)c1C(=O)NC1CC1. The van der Waals surface area contributed by atoms with E-state index >= 15 is 0 Å². The minimum absolute atomic E-state index is 0.145. The lowest BCUT2D eigenvalue weighted by Gasteiger charge is -2.10. The molecule has 0 spiro atoms. The Morgan fingerprint density at radius 3 is 2.58 bits per heavy atom. The summed E-state index contributed by atoms with van der Waals surface area (Å²) < 4.78 is 1.50. The first kappa shape index (κ1) is 16.5. The summed E-state index contributed by atoms with van der Waals surface area (Å²) in [5.74, 6) is -0.431. The van der Waals surface area contributed by atoms with Crippen LogP contribution in [0.25, 0.3) is 11.1 Å². The highest BCUT2D eigenvalue weighted by atomic mass is 32.1. The summed E-state index contributed by atoms with van der Waals surface area (Å²) in [7, 11) is 1.71. The molecule has 132 valence electrons. The van der Waals surface area contributed by atoms with Crippen LogP contribution in [0.5, 0.6) is 0 Å². The lowest BCUT2D eigenvalue weighted by atomic mass is 10.0. The lowest BCUT2D eigenvalue weighted by molar-refractivity contribution is 0.0953. The molecule has 0 aliphatic heterocycles. The highest BCUT2D eigenvalue weighted by Crippen LogP contribution is 2.36. The smallest absolute Gasteiger partial charge is 0.274 e. The first-order valence-corrected chi connectivity index (χ1v) is 9.28. The Labute approximate surface area is 154 Å². The standard InChI is InChI=1S/C19H18N4O2S/c1-23-15(9-10-20-23)17(24)22-19-16(18(25)21-13-7-8-13)14(11-26-19)12-5-3-2-4-6-12/h2-6,9-11,13H,7-8H2,1H3,(H,21,25)(H,22,24). The van der Waals surface area contributed by atoms with Gasteiger partial charge in [0.25, 0.3) is 11.8 Å². The monoisotopic (exact) mass is 366 g/mol. The van der Waals surface area contributed by atoms with Crippen LogP contribution in [0.1, 0.15) is 33.7 Å². The van der Waals surface area contributed by atoms with Gasteiger partial charge in [-0.2, -0.15) is 5.10 Å². The van der Waals surface area contributed by atoms with E-state index in [1.54, 1.807) is 19.3 Å². The number of thiophene rings is 1. The average molecular weight is 366 g/mol. The molecule has 1 aliphatic carbocycles. The summed E-state index contributed by atoms with van der Waals surface area (Å²) >= 11 is 1.36. The van der Waals surface area contributed by atoms with E-state index in [9.17, 15) is 9.59 Å². The molecule has 2 N–H and O–H groups in total. The molecular weight excluding hydrogens is 348 g/mol. The van der Waals surface area contributed by atoms with Crippen molar-refractivity contribution in [3.05, 3.63) is 59.2 Å². The van der Waals surface area contributed by atoms with Crippen molar-refractivity contribution in [2.24, 2.45) is 7.05 Å². The van der Waals surface area contributed by atoms with E-state index in [1.807, 2.05) is 35.7 Å². The van der Waals surface area contributed by atoms with Crippen LogP contribution >= 0.6 is 11.3 Å². The third-order valence-corrected chi connectivity index (χ3v) is 5.19. The van der Waals surface area contributed by atoms with Crippen molar-refractivity contribution in [1.29, 1.82) is 0 Å². The van der Waals surface area contributed by atoms with Crippen LogP contribution in [0, 0.1) is 0 Å². The first-order valence-electron chi connectivity index (χ1n) is 8.40. The van der Waals surface area contributed by atoms with Gasteiger partial charge < -0.3 is 10.6 Å². The van der Waals surface area contributed by atoms with Crippen LogP contribution in [0.3, 0.4) is 0 Å². The van der Waals surface area contributed by atoms with Crippen LogP contribution < -0.4 is 10.6 Å². The van der Waals surface area contributed by atoms with Gasteiger partial charge in [-0.25, -0.2) is 0 Å². The van der Waals surface area contributed by atoms with E-state index in [1.165, 1.54) is 16.0 Å². The minimum atomic E-state index is -0.285. The molecule has 26 heavy (non-hydrogen) atoms. The van der Waals surface area contributed by atoms with E-state index in [0.717, 1.165) is 24.0 Å². The van der Waals surface area contributed by atoms with Gasteiger partial charge in [-0.05, 0) is 24.5 Å². The number of rotatable bonds is 5. The van der Waals surface area contributed by atoms with E-state index in [0.29, 0.717) is 16.3 Å². The zero-order valence-corrected chi connectivity index (χ0v) is 15.0. The maximum absolute atomic E-state index is 12.8. The summed E-state index contributed by atoms with van der Waals surface area (Å²) in [4.78, 5) is 25.4. The molecule has 1 aliphatic rings. The van der Waals surface area contributed by atoms with Crippen molar-refractivity contribution in [2.45, 2.75) is 18.9 Å². The van der Waals surface area contributed by atoms with Gasteiger partial charge in [-0.3, -0.25) is 14.3 Å². The highest BCUT2D eigenvalue weighted by molar-refractivity contribution is 7.15. The predicted octanol–water partition coefficient (Wildman–Crippen LogP) is 3.29. The van der Waals surface area contributed by atoms with Crippen molar-refractivity contribution in [1.82, 2.24) is 15.1 Å². The van der Waals surface area contributed by atoms with Crippen LogP contribution in [-0.4, -0.2) is 27.6 Å². The third kappa shape index (κ3) is 3.25. The summed E-state index contributed by atoms with van der Waals surface area (Å²) in [6.45, 7) is 0. The first-order chi connectivity index (χ1) is 12.6. The number of hydrogen-bond donors (Lipinski definition) is 2. The van der Waals surface area contributed by atoms with Crippen LogP contribution in [0.2, 0.25) is 0 Å². The zero-order valence-electron chi connectivity index (χ0n) is 14.2. The lowest BCUT2D eigenvalue weighted by Crippen LogP contribution is -2.27. The van der Waals surface area contributed by atoms with Gasteiger partial charge >= 0.3 is 0 Å². The Balaban J connectivity index is 1.69. The zero-order chi connectivity index (χ0) is 18.1. The normalized spacial score (nSPS) is 13.4. The minimum Gasteiger partial charge on any atom is -0.349 e. The maximum atomic E-state index is 12.8. The molecule has 1 fully saturated rings. The van der Waals surface area contributed by atoms with Crippen LogP contribution in [0.15, 0.2) is 48.0 Å². The molecule has 0 saturated heterocycles. The molecule has 2 heterocycles. The second-order valence-electron chi connectivity index (χ2n) is 6.26. The van der Waals surface area contributed by atoms with Gasteiger partial charge in [0.2, 0.25) is 0 Å². The van der Waals surface area contributed by atoms with Crippen molar-refractivity contribution in [2.75, 3.05) is 5.32 Å². The van der Waals surface area contributed by atoms with Crippen LogP contribution in [0.4, 0.5) is 5.00 Å². The molecule has 4 rings (SSSR count). The number of carbonyl (C=O) groups excluding carboxylic acids is 2. The van der Waals surface area contributed by atoms with Gasteiger partial charge in [-0.1, -0.05) is 30.3 Å². The molecule has 1 aromatic carbocycles. The van der Waals surface area contributed by atoms with E-state index in [2.05, 4.69) is 15.7 Å². The fourth-order valence-electron chi connectivity index (χ4n) is 2.75. The van der Waals surface area contributed by atoms with Crippen molar-refractivity contribution < 1.29 is 9.59 Å². The third-order valence-electron chi connectivity index (χ3n) is 4.30. The molecule has 1 saturated carbocycles. The molecular formula is C19H18N4O2S. The fourth-order valence-corrected chi connectivity index (χ4v) is 3.72. The number of benzene rings is 1. The molecule has 2 amide bonds. The fraction of sp³-hybridized carbons (Fsp3) is 0.211. The van der Waals surface area contributed by atoms with Gasteiger partial charge in [0.05, 0.1) is 5.56 Å². The van der Waals surface area contributed by atoms with E-state index in [-0.39, 0.29) is 17.9 Å². The molecule has 0 bridgehead atoms. The molecule has 0 radical (unpaired) electrons. The Bertz CT molecular complexity index is 957. The van der Waals surface area contributed by atoms with Crippen LogP contribution in [-0.2, 0) is 7.05 Å². The Morgan fingerprint density at radius 2 is 1.92 bits per heavy atom. The number of aryl methyl sites for hydroxylation is 1. The highest BCUT2D eigenvalue weighted by Gasteiger charge is 2.28. The van der Waals surface area contributed by atoms with Gasteiger partial charge in [0.1, 0.15) is 10.7 Å². The number of nitrogens with zero attached hydrogens (tertiary/aromatic N) is 2. The molecule has 7 heteroatoms. The summed E-state index contributed by atoms with van der Waals surface area (Å²) in [6.07, 6.45) is 3.58. The predicted molar refractivity (Wildman–Crippen MR) is 101 cm³/mol. The Morgan fingerprint density at radius 1 is 1.15 bits per heavy atom. The van der Waals surface area contributed by atoms with Gasteiger partial charge in [-0.15, -0.1) is 11.3 Å². The average Bonchev–Trinajstić information content (AvgIpc) is 3.18. The maximum Gasteiger partial charge on any atom is 0.274 e. The number of hydrogen-bond acceptors (Lipinski definition) is 4. The molecule has 0 unspecified atom stereocenters. The van der Waals surface area contributed by atoms with Gasteiger partial charge in [0.15, 0.2) is 0 Å². The van der Waals surface area contributed by atoms with E-state index < -0.39 is 0 Å². The topological polar surface area (TPSA) is 76.0 Å². The summed E-state index contributed by atoms with van der Waals surface area (Å²) in [6, 6.07) is 11.6. The number of anilines is 1. The number of nitrogens with one attached hydrogen (secondary N) is 2. The summed E-state index contributed by atoms with van der Waals surface area (Å²) in [5.41, 5.74) is 2.73. The Kier molecular flexibility index (Phi) is 4.30. The van der Waals surface area contributed by atoms with Crippen molar-refractivity contribution in [3.8, 4) is 11.1 Å². The van der Waals surface area contributed by atoms with Crippen molar-refractivity contribution >= 4 is 28.2 Å². The second-order valence-corrected chi connectivity index (χ2v) is 7.14. The van der Waals surface area contributed by atoms with Crippen molar-refractivity contribution in [3.63, 3.8) is 0 Å². The van der Waals surface area contributed by atoms with Gasteiger partial charge in [0, 0.05) is 30.2 Å². The number of amides is 2. The number of aromatic nitrogens is 2. The number of carbonyl (C=O) groups is 2. The second kappa shape index (κ2) is 6.76. The molecule has 6 nitrogen and oxygen atoms in total. The molecule has 2 aromatic heterocycles. The quantitative estimate of drug-likeness (QED) is 0.727.